The standard InChI is InChI=1S/C14H10ClN3OS2/c1-20-14-16-12(11-7-4-8-21-11)17-18(14)13(19)9-5-2-3-6-10(9)15/h2-8H,1H3. The van der Waals surface area contributed by atoms with Crippen LogP contribution in [0.15, 0.2) is 46.9 Å². The molecule has 4 nitrogen and oxygen atoms in total. The third kappa shape index (κ3) is 2.74. The van der Waals surface area contributed by atoms with Crippen LogP contribution in [-0.2, 0) is 0 Å². The highest BCUT2D eigenvalue weighted by atomic mass is 35.5. The number of thioether (sulfide) groups is 1. The first-order chi connectivity index (χ1) is 10.2. The van der Waals surface area contributed by atoms with Gasteiger partial charge in [-0.1, -0.05) is 41.6 Å². The molecule has 7 heteroatoms. The van der Waals surface area contributed by atoms with Crippen LogP contribution >= 0.6 is 34.7 Å². The van der Waals surface area contributed by atoms with E-state index in [-0.39, 0.29) is 5.91 Å². The molecule has 0 atom stereocenters. The van der Waals surface area contributed by atoms with E-state index in [0.29, 0.717) is 21.6 Å². The van der Waals surface area contributed by atoms with Crippen molar-refractivity contribution in [1.82, 2.24) is 14.8 Å². The lowest BCUT2D eigenvalue weighted by Gasteiger charge is -2.04. The molecular weight excluding hydrogens is 326 g/mol. The molecule has 0 fully saturated rings. The van der Waals surface area contributed by atoms with Crippen molar-refractivity contribution in [2.75, 3.05) is 6.26 Å². The second-order valence-electron chi connectivity index (χ2n) is 4.10. The van der Waals surface area contributed by atoms with E-state index in [1.54, 1.807) is 24.3 Å². The first-order valence-electron chi connectivity index (χ1n) is 6.05. The Kier molecular flexibility index (Phi) is 4.10. The fraction of sp³-hybridized carbons (Fsp3) is 0.0714. The summed E-state index contributed by atoms with van der Waals surface area (Å²) in [4.78, 5) is 17.9. The van der Waals surface area contributed by atoms with Crippen LogP contribution in [0.4, 0.5) is 0 Å². The number of halogens is 1. The third-order valence-electron chi connectivity index (χ3n) is 2.80. The SMILES string of the molecule is CSc1nc(-c2cccs2)nn1C(=O)c1ccccc1Cl. The normalized spacial score (nSPS) is 10.8. The summed E-state index contributed by atoms with van der Waals surface area (Å²) < 4.78 is 1.31. The summed E-state index contributed by atoms with van der Waals surface area (Å²) in [6.45, 7) is 0. The van der Waals surface area contributed by atoms with E-state index < -0.39 is 0 Å². The Bertz CT molecular complexity index is 783. The molecule has 0 saturated carbocycles. The molecule has 21 heavy (non-hydrogen) atoms. The van der Waals surface area contributed by atoms with Crippen molar-refractivity contribution in [2.24, 2.45) is 0 Å². The Hall–Kier alpha value is -1.63. The number of thiophene rings is 1. The first-order valence-corrected chi connectivity index (χ1v) is 8.53. The minimum Gasteiger partial charge on any atom is -0.267 e. The van der Waals surface area contributed by atoms with Crippen molar-refractivity contribution in [3.63, 3.8) is 0 Å². The lowest BCUT2D eigenvalue weighted by atomic mass is 10.2. The largest absolute Gasteiger partial charge is 0.282 e. The molecule has 0 saturated heterocycles. The molecule has 1 aromatic carbocycles. The molecular formula is C14H10ClN3OS2. The minimum absolute atomic E-state index is 0.278. The van der Waals surface area contributed by atoms with Gasteiger partial charge in [0.2, 0.25) is 0 Å². The number of carbonyl (C=O) groups excluding carboxylic acids is 1. The minimum atomic E-state index is -0.278. The second-order valence-corrected chi connectivity index (χ2v) is 6.22. The molecule has 0 aliphatic carbocycles. The Morgan fingerprint density at radius 1 is 1.29 bits per heavy atom. The highest BCUT2D eigenvalue weighted by Gasteiger charge is 2.20. The quantitative estimate of drug-likeness (QED) is 0.677. The van der Waals surface area contributed by atoms with Crippen molar-refractivity contribution < 1.29 is 4.79 Å². The molecule has 2 aromatic heterocycles. The van der Waals surface area contributed by atoms with Gasteiger partial charge in [-0.15, -0.1) is 16.4 Å². The average Bonchev–Trinajstić information content (AvgIpc) is 3.15. The summed E-state index contributed by atoms with van der Waals surface area (Å²) in [6, 6.07) is 10.8. The van der Waals surface area contributed by atoms with E-state index in [1.807, 2.05) is 23.8 Å². The number of carbonyl (C=O) groups is 1. The van der Waals surface area contributed by atoms with Gasteiger partial charge in [0.25, 0.3) is 5.91 Å². The predicted octanol–water partition coefficient (Wildman–Crippen LogP) is 4.07. The molecule has 0 radical (unpaired) electrons. The van der Waals surface area contributed by atoms with E-state index in [4.69, 9.17) is 11.6 Å². The van der Waals surface area contributed by atoms with Crippen molar-refractivity contribution in [3.8, 4) is 10.7 Å². The molecule has 3 aromatic rings. The molecule has 106 valence electrons. The summed E-state index contributed by atoms with van der Waals surface area (Å²) >= 11 is 8.99. The smallest absolute Gasteiger partial charge is 0.267 e. The van der Waals surface area contributed by atoms with Gasteiger partial charge in [0.05, 0.1) is 15.5 Å². The Balaban J connectivity index is 2.06. The maximum atomic E-state index is 12.6. The topological polar surface area (TPSA) is 47.8 Å². The fourth-order valence-electron chi connectivity index (χ4n) is 1.82. The Labute approximate surface area is 134 Å². The van der Waals surface area contributed by atoms with Crippen LogP contribution in [0.25, 0.3) is 10.7 Å². The highest BCUT2D eigenvalue weighted by molar-refractivity contribution is 7.98. The fourth-order valence-corrected chi connectivity index (χ4v) is 3.16. The van der Waals surface area contributed by atoms with Crippen LogP contribution < -0.4 is 0 Å². The second kappa shape index (κ2) is 6.01. The van der Waals surface area contributed by atoms with Gasteiger partial charge in [0, 0.05) is 0 Å². The van der Waals surface area contributed by atoms with Gasteiger partial charge in [-0.2, -0.15) is 9.67 Å². The molecule has 0 spiro atoms. The summed E-state index contributed by atoms with van der Waals surface area (Å²) in [6.07, 6.45) is 1.86. The maximum absolute atomic E-state index is 12.6. The van der Waals surface area contributed by atoms with Gasteiger partial charge in [-0.3, -0.25) is 4.79 Å². The van der Waals surface area contributed by atoms with Gasteiger partial charge >= 0.3 is 0 Å². The number of hydrogen-bond acceptors (Lipinski definition) is 5. The van der Waals surface area contributed by atoms with Gasteiger partial charge in [-0.25, -0.2) is 0 Å². The molecule has 0 N–H and O–H groups in total. The van der Waals surface area contributed by atoms with Crippen molar-refractivity contribution in [1.29, 1.82) is 0 Å². The van der Waals surface area contributed by atoms with Gasteiger partial charge in [0.15, 0.2) is 11.0 Å². The Morgan fingerprint density at radius 2 is 2.10 bits per heavy atom. The van der Waals surface area contributed by atoms with Crippen LogP contribution in [0, 0.1) is 0 Å². The van der Waals surface area contributed by atoms with E-state index in [2.05, 4.69) is 10.1 Å². The van der Waals surface area contributed by atoms with Crippen molar-refractivity contribution in [3.05, 3.63) is 52.4 Å². The van der Waals surface area contributed by atoms with Crippen molar-refractivity contribution in [2.45, 2.75) is 5.16 Å². The van der Waals surface area contributed by atoms with Gasteiger partial charge in [0.1, 0.15) is 0 Å². The molecule has 0 bridgehead atoms. The lowest BCUT2D eigenvalue weighted by molar-refractivity contribution is 0.0934. The summed E-state index contributed by atoms with van der Waals surface area (Å²) in [7, 11) is 0. The summed E-state index contributed by atoms with van der Waals surface area (Å²) in [5.41, 5.74) is 0.414. The number of benzene rings is 1. The van der Waals surface area contributed by atoms with Crippen LogP contribution in [0.1, 0.15) is 10.4 Å². The molecule has 0 aliphatic heterocycles. The highest BCUT2D eigenvalue weighted by Crippen LogP contribution is 2.25. The number of rotatable bonds is 3. The molecule has 2 heterocycles. The van der Waals surface area contributed by atoms with E-state index in [1.165, 1.54) is 27.8 Å². The molecule has 0 unspecified atom stereocenters. The number of hydrogen-bond donors (Lipinski definition) is 0. The van der Waals surface area contributed by atoms with Crippen LogP contribution in [0.2, 0.25) is 5.02 Å². The monoisotopic (exact) mass is 335 g/mol. The first kappa shape index (κ1) is 14.3. The van der Waals surface area contributed by atoms with Gasteiger partial charge in [-0.05, 0) is 29.8 Å². The van der Waals surface area contributed by atoms with Crippen molar-refractivity contribution >= 4 is 40.6 Å². The predicted molar refractivity (Wildman–Crippen MR) is 86.3 cm³/mol. The molecule has 3 rings (SSSR count). The van der Waals surface area contributed by atoms with Gasteiger partial charge < -0.3 is 0 Å². The third-order valence-corrected chi connectivity index (χ3v) is 4.62. The van der Waals surface area contributed by atoms with Crippen LogP contribution in [0.3, 0.4) is 0 Å². The zero-order valence-electron chi connectivity index (χ0n) is 11.0. The molecule has 0 aliphatic rings. The Morgan fingerprint density at radius 3 is 2.76 bits per heavy atom. The zero-order valence-corrected chi connectivity index (χ0v) is 13.4. The zero-order chi connectivity index (χ0) is 14.8. The van der Waals surface area contributed by atoms with Crippen LogP contribution in [-0.4, -0.2) is 26.9 Å². The van der Waals surface area contributed by atoms with E-state index in [9.17, 15) is 4.79 Å². The lowest BCUT2D eigenvalue weighted by Crippen LogP contribution is -2.15. The summed E-state index contributed by atoms with van der Waals surface area (Å²) in [5.74, 6) is 0.273. The maximum Gasteiger partial charge on any atom is 0.282 e. The molecule has 0 amide bonds. The van der Waals surface area contributed by atoms with E-state index >= 15 is 0 Å². The summed E-state index contributed by atoms with van der Waals surface area (Å²) in [5, 5.41) is 7.23. The van der Waals surface area contributed by atoms with Crippen LogP contribution in [0.5, 0.6) is 0 Å². The number of aromatic nitrogens is 3. The van der Waals surface area contributed by atoms with E-state index in [0.717, 1.165) is 4.88 Å². The number of nitrogens with zero attached hydrogens (tertiary/aromatic N) is 3. The average molecular weight is 336 g/mol.